The highest BCUT2D eigenvalue weighted by atomic mass is 19.4. The van der Waals surface area contributed by atoms with E-state index in [-0.39, 0.29) is 18.5 Å². The minimum Gasteiger partial charge on any atom is -0.342 e. The number of fused-ring (bicyclic) bond motifs is 1. The van der Waals surface area contributed by atoms with E-state index in [4.69, 9.17) is 0 Å². The molecule has 1 aliphatic carbocycles. The molecule has 1 aliphatic rings. The summed E-state index contributed by atoms with van der Waals surface area (Å²) in [5, 5.41) is 0. The molecule has 0 atom stereocenters. The predicted molar refractivity (Wildman–Crippen MR) is 179 cm³/mol. The zero-order valence-corrected chi connectivity index (χ0v) is 26.7. The van der Waals surface area contributed by atoms with Gasteiger partial charge in [-0.3, -0.25) is 4.99 Å². The molecule has 0 saturated carbocycles. The molecule has 0 unspecified atom stereocenters. The number of allylic oxidation sites excluding steroid dienone is 3. The van der Waals surface area contributed by atoms with Crippen molar-refractivity contribution in [2.45, 2.75) is 52.9 Å². The number of hydrogen-bond acceptors (Lipinski definition) is 2. The van der Waals surface area contributed by atoms with Gasteiger partial charge in [0.25, 0.3) is 0 Å². The molecule has 0 fully saturated rings. The van der Waals surface area contributed by atoms with Gasteiger partial charge in [0.1, 0.15) is 0 Å². The molecule has 0 heterocycles. The van der Waals surface area contributed by atoms with Gasteiger partial charge in [0, 0.05) is 36.4 Å². The minimum atomic E-state index is -4.61. The SMILES string of the molecule is CCN(c1ccc(/C(=C2\C=CC(=NCCCC(F)(F)F)c3ccccc32)c2ccc(C)cc2C(F)(F)F)cc1)c1ccc(C)c(C)c1. The highest BCUT2D eigenvalue weighted by Gasteiger charge is 2.35. The van der Waals surface area contributed by atoms with Crippen LogP contribution in [0.4, 0.5) is 37.7 Å². The second-order valence-corrected chi connectivity index (χ2v) is 11.8. The van der Waals surface area contributed by atoms with Crippen LogP contribution < -0.4 is 4.90 Å². The lowest BCUT2D eigenvalue weighted by Gasteiger charge is -2.26. The fourth-order valence-electron chi connectivity index (χ4n) is 5.90. The first-order valence-corrected chi connectivity index (χ1v) is 15.5. The summed E-state index contributed by atoms with van der Waals surface area (Å²) in [6, 6.07) is 25.3. The first-order valence-electron chi connectivity index (χ1n) is 15.5. The number of halogens is 6. The van der Waals surface area contributed by atoms with Crippen molar-refractivity contribution in [2.24, 2.45) is 4.99 Å². The zero-order chi connectivity index (χ0) is 33.9. The number of aliphatic imine (C=N–C) groups is 1. The number of hydrogen-bond donors (Lipinski definition) is 0. The Kier molecular flexibility index (Phi) is 9.80. The number of aryl methyl sites for hydroxylation is 3. The monoisotopic (exact) mass is 646 g/mol. The molecule has 0 N–H and O–H groups in total. The van der Waals surface area contributed by atoms with Crippen molar-refractivity contribution >= 4 is 28.2 Å². The van der Waals surface area contributed by atoms with E-state index in [1.807, 2.05) is 37.3 Å². The molecule has 5 rings (SSSR count). The molecular weight excluding hydrogens is 610 g/mol. The van der Waals surface area contributed by atoms with Gasteiger partial charge in [0.2, 0.25) is 0 Å². The van der Waals surface area contributed by atoms with Gasteiger partial charge >= 0.3 is 12.4 Å². The summed E-state index contributed by atoms with van der Waals surface area (Å²) >= 11 is 0. The van der Waals surface area contributed by atoms with Crippen molar-refractivity contribution in [3.8, 4) is 0 Å². The van der Waals surface area contributed by atoms with E-state index < -0.39 is 24.3 Å². The van der Waals surface area contributed by atoms with Gasteiger partial charge in [0.15, 0.2) is 0 Å². The highest BCUT2D eigenvalue weighted by molar-refractivity contribution is 6.19. The first-order chi connectivity index (χ1) is 22.3. The average molecular weight is 647 g/mol. The molecular formula is C39H36F6N2. The lowest BCUT2D eigenvalue weighted by Crippen LogP contribution is -2.16. The molecule has 0 saturated heterocycles. The Morgan fingerprint density at radius 2 is 1.40 bits per heavy atom. The number of rotatable bonds is 8. The third-order valence-corrected chi connectivity index (χ3v) is 8.41. The second kappa shape index (κ2) is 13.6. The molecule has 244 valence electrons. The van der Waals surface area contributed by atoms with Crippen LogP contribution in [0, 0.1) is 20.8 Å². The largest absolute Gasteiger partial charge is 0.417 e. The van der Waals surface area contributed by atoms with Crippen molar-refractivity contribution in [3.05, 3.63) is 142 Å². The molecule has 0 aromatic heterocycles. The van der Waals surface area contributed by atoms with Crippen LogP contribution in [0.5, 0.6) is 0 Å². The molecule has 0 spiro atoms. The Labute approximate surface area is 271 Å². The van der Waals surface area contributed by atoms with Crippen LogP contribution in [0.3, 0.4) is 0 Å². The second-order valence-electron chi connectivity index (χ2n) is 11.8. The summed E-state index contributed by atoms with van der Waals surface area (Å²) in [7, 11) is 0. The van der Waals surface area contributed by atoms with Crippen molar-refractivity contribution in [2.75, 3.05) is 18.0 Å². The van der Waals surface area contributed by atoms with Gasteiger partial charge in [-0.2, -0.15) is 26.3 Å². The van der Waals surface area contributed by atoms with Crippen LogP contribution in [-0.4, -0.2) is 25.0 Å². The fourth-order valence-corrected chi connectivity index (χ4v) is 5.90. The minimum absolute atomic E-state index is 0.0223. The Morgan fingerprint density at radius 1 is 0.723 bits per heavy atom. The van der Waals surface area contributed by atoms with Crippen LogP contribution >= 0.6 is 0 Å². The fraction of sp³-hybridized carbons (Fsp3) is 0.256. The van der Waals surface area contributed by atoms with Crippen molar-refractivity contribution < 1.29 is 26.3 Å². The molecule has 0 aliphatic heterocycles. The summed E-state index contributed by atoms with van der Waals surface area (Å²) in [4.78, 5) is 6.58. The van der Waals surface area contributed by atoms with Crippen LogP contribution in [0.2, 0.25) is 0 Å². The van der Waals surface area contributed by atoms with E-state index in [1.54, 1.807) is 43.3 Å². The molecule has 4 aromatic carbocycles. The number of benzene rings is 4. The maximum atomic E-state index is 14.6. The van der Waals surface area contributed by atoms with Gasteiger partial charge in [-0.1, -0.05) is 66.2 Å². The number of anilines is 2. The maximum absolute atomic E-state index is 14.6. The van der Waals surface area contributed by atoms with Gasteiger partial charge in [0.05, 0.1) is 11.3 Å². The first kappa shape index (κ1) is 33.8. The molecule has 2 nitrogen and oxygen atoms in total. The Balaban J connectivity index is 1.67. The van der Waals surface area contributed by atoms with Crippen LogP contribution in [0.15, 0.2) is 102 Å². The van der Waals surface area contributed by atoms with E-state index in [1.165, 1.54) is 11.6 Å². The summed E-state index contributed by atoms with van der Waals surface area (Å²) in [6.07, 6.45) is -6.57. The summed E-state index contributed by atoms with van der Waals surface area (Å²) < 4.78 is 82.0. The Bertz CT molecular complexity index is 1840. The topological polar surface area (TPSA) is 15.6 Å². The van der Waals surface area contributed by atoms with Crippen LogP contribution in [0.1, 0.15) is 64.3 Å². The van der Waals surface area contributed by atoms with E-state index in [0.717, 1.165) is 23.0 Å². The van der Waals surface area contributed by atoms with Crippen molar-refractivity contribution in [1.29, 1.82) is 0 Å². The summed E-state index contributed by atoms with van der Waals surface area (Å²) in [6.45, 7) is 8.45. The van der Waals surface area contributed by atoms with Gasteiger partial charge in [-0.05, 0) is 109 Å². The lowest BCUT2D eigenvalue weighted by molar-refractivity contribution is -0.138. The van der Waals surface area contributed by atoms with Crippen LogP contribution in [-0.2, 0) is 6.18 Å². The maximum Gasteiger partial charge on any atom is 0.417 e. The number of alkyl halides is 6. The summed E-state index contributed by atoms with van der Waals surface area (Å²) in [5.74, 6) is 0. The lowest BCUT2D eigenvalue weighted by atomic mass is 9.82. The molecule has 4 aromatic rings. The van der Waals surface area contributed by atoms with Gasteiger partial charge in [-0.25, -0.2) is 0 Å². The van der Waals surface area contributed by atoms with Gasteiger partial charge < -0.3 is 4.90 Å². The summed E-state index contributed by atoms with van der Waals surface area (Å²) in [5.41, 5.74) is 7.41. The van der Waals surface area contributed by atoms with E-state index in [9.17, 15) is 26.3 Å². The average Bonchev–Trinajstić information content (AvgIpc) is 3.02. The smallest absolute Gasteiger partial charge is 0.342 e. The molecule has 0 radical (unpaired) electrons. The third kappa shape index (κ3) is 7.70. The highest BCUT2D eigenvalue weighted by Crippen LogP contribution is 2.43. The quantitative estimate of drug-likeness (QED) is 0.137. The normalized spacial score (nSPS) is 15.1. The molecule has 8 heteroatoms. The van der Waals surface area contributed by atoms with E-state index in [0.29, 0.717) is 45.7 Å². The Morgan fingerprint density at radius 3 is 2.04 bits per heavy atom. The zero-order valence-electron chi connectivity index (χ0n) is 26.7. The third-order valence-electron chi connectivity index (χ3n) is 8.41. The molecule has 0 amide bonds. The Hall–Kier alpha value is -4.59. The van der Waals surface area contributed by atoms with Crippen LogP contribution in [0.25, 0.3) is 11.1 Å². The van der Waals surface area contributed by atoms with Crippen molar-refractivity contribution in [1.82, 2.24) is 0 Å². The van der Waals surface area contributed by atoms with Crippen molar-refractivity contribution in [3.63, 3.8) is 0 Å². The van der Waals surface area contributed by atoms with E-state index >= 15 is 0 Å². The molecule has 47 heavy (non-hydrogen) atoms. The van der Waals surface area contributed by atoms with E-state index in [2.05, 4.69) is 41.9 Å². The van der Waals surface area contributed by atoms with Gasteiger partial charge in [-0.15, -0.1) is 0 Å². The molecule has 0 bridgehead atoms. The standard InChI is InChI=1S/C39H36F6N2/c1-5-47(30-15-12-26(3)27(4)24-30)29-16-13-28(14-17-29)37(34-18-11-25(2)23-35(34)39(43,44)45)33-19-20-36(32-10-7-6-9-31(32)33)46-22-8-21-38(40,41)42/h6-7,9-20,23-24H,5,8,21-22H2,1-4H3/b37-33-,46-36?. The number of nitrogens with zero attached hydrogens (tertiary/aromatic N) is 2. The predicted octanol–water partition coefficient (Wildman–Crippen LogP) is 11.4.